The summed E-state index contributed by atoms with van der Waals surface area (Å²) in [7, 11) is 0. The number of hydrogen-bond donors (Lipinski definition) is 1. The lowest BCUT2D eigenvalue weighted by molar-refractivity contribution is -0.116. The molecular formula is C18H13Cl2NO4. The second-order valence-corrected chi connectivity index (χ2v) is 6.46. The second kappa shape index (κ2) is 6.86. The average Bonchev–Trinajstić information content (AvgIpc) is 2.88. The van der Waals surface area contributed by atoms with Gasteiger partial charge in [-0.05, 0) is 48.9 Å². The molecule has 1 aliphatic rings. The first-order valence-electron chi connectivity index (χ1n) is 7.47. The number of halogens is 2. The van der Waals surface area contributed by atoms with Crippen molar-refractivity contribution >= 4 is 46.5 Å². The molecule has 0 spiro atoms. The molecule has 0 aliphatic carbocycles. The van der Waals surface area contributed by atoms with Gasteiger partial charge in [0.1, 0.15) is 0 Å². The smallest absolute Gasteiger partial charge is 0.338 e. The highest BCUT2D eigenvalue weighted by Crippen LogP contribution is 2.32. The first kappa shape index (κ1) is 17.5. The van der Waals surface area contributed by atoms with E-state index in [2.05, 4.69) is 5.32 Å². The number of fused-ring (bicyclic) bond motifs is 1. The number of esters is 1. The quantitative estimate of drug-likeness (QED) is 0.643. The summed E-state index contributed by atoms with van der Waals surface area (Å²) in [5.41, 5.74) is 2.04. The van der Waals surface area contributed by atoms with E-state index in [4.69, 9.17) is 27.9 Å². The monoisotopic (exact) mass is 377 g/mol. The fourth-order valence-corrected chi connectivity index (χ4v) is 2.81. The Hall–Kier alpha value is -2.37. The first-order valence-corrected chi connectivity index (χ1v) is 8.22. The predicted octanol–water partition coefficient (Wildman–Crippen LogP) is 4.09. The summed E-state index contributed by atoms with van der Waals surface area (Å²) < 4.78 is 5.03. The summed E-state index contributed by atoms with van der Waals surface area (Å²) >= 11 is 11.7. The molecule has 1 aliphatic heterocycles. The maximum absolute atomic E-state index is 12.3. The van der Waals surface area contributed by atoms with Crippen molar-refractivity contribution in [3.05, 3.63) is 63.1 Å². The molecular weight excluding hydrogens is 365 g/mol. The van der Waals surface area contributed by atoms with Crippen LogP contribution in [-0.2, 0) is 9.53 Å². The summed E-state index contributed by atoms with van der Waals surface area (Å²) in [5.74, 6) is -1.45. The molecule has 5 nitrogen and oxygen atoms in total. The molecule has 3 rings (SSSR count). The van der Waals surface area contributed by atoms with E-state index >= 15 is 0 Å². The van der Waals surface area contributed by atoms with Crippen molar-refractivity contribution in [2.24, 2.45) is 0 Å². The van der Waals surface area contributed by atoms with Crippen LogP contribution in [0.25, 0.3) is 0 Å². The van der Waals surface area contributed by atoms with Crippen molar-refractivity contribution < 1.29 is 19.1 Å². The lowest BCUT2D eigenvalue weighted by Gasteiger charge is -2.07. The Morgan fingerprint density at radius 2 is 1.80 bits per heavy atom. The molecule has 7 heteroatoms. The van der Waals surface area contributed by atoms with Crippen molar-refractivity contribution in [2.75, 3.05) is 11.9 Å². The van der Waals surface area contributed by atoms with Crippen LogP contribution in [0.3, 0.4) is 0 Å². The van der Waals surface area contributed by atoms with Gasteiger partial charge in [0.15, 0.2) is 12.4 Å². The van der Waals surface area contributed by atoms with Crippen LogP contribution in [0, 0.1) is 0 Å². The van der Waals surface area contributed by atoms with Gasteiger partial charge in [-0.3, -0.25) is 9.59 Å². The number of benzene rings is 2. The van der Waals surface area contributed by atoms with Crippen molar-refractivity contribution in [3.8, 4) is 0 Å². The molecule has 1 amide bonds. The number of carbonyl (C=O) groups is 3. The van der Waals surface area contributed by atoms with Crippen molar-refractivity contribution in [3.63, 3.8) is 0 Å². The lowest BCUT2D eigenvalue weighted by atomic mass is 9.99. The molecule has 0 bridgehead atoms. The first-order chi connectivity index (χ1) is 11.9. The third-order valence-corrected chi connectivity index (χ3v) is 4.72. The molecule has 0 unspecified atom stereocenters. The number of Topliss-reactive ketones (excluding diaryl/α,β-unsaturated/α-hetero) is 1. The van der Waals surface area contributed by atoms with E-state index in [9.17, 15) is 14.4 Å². The van der Waals surface area contributed by atoms with E-state index in [0.717, 1.165) is 5.56 Å². The molecule has 0 radical (unpaired) electrons. The Bertz CT molecular complexity index is 895. The van der Waals surface area contributed by atoms with Crippen LogP contribution in [0.15, 0.2) is 36.4 Å². The molecule has 1 N–H and O–H groups in total. The van der Waals surface area contributed by atoms with Gasteiger partial charge in [0.05, 0.1) is 21.5 Å². The third kappa shape index (κ3) is 3.52. The zero-order valence-corrected chi connectivity index (χ0v) is 14.6. The molecule has 128 valence electrons. The number of amides is 1. The average molecular weight is 378 g/mol. The highest BCUT2D eigenvalue weighted by atomic mass is 35.5. The van der Waals surface area contributed by atoms with Gasteiger partial charge in [-0.15, -0.1) is 0 Å². The number of anilines is 1. The second-order valence-electron chi connectivity index (χ2n) is 5.64. The van der Waals surface area contributed by atoms with Gasteiger partial charge in [-0.25, -0.2) is 4.79 Å². The van der Waals surface area contributed by atoms with E-state index < -0.39 is 12.6 Å². The summed E-state index contributed by atoms with van der Waals surface area (Å²) in [5, 5.41) is 3.29. The maximum atomic E-state index is 12.3. The molecule has 0 aromatic heterocycles. The largest absolute Gasteiger partial charge is 0.454 e. The summed E-state index contributed by atoms with van der Waals surface area (Å²) in [4.78, 5) is 35.9. The number of ketones is 1. The predicted molar refractivity (Wildman–Crippen MR) is 94.6 cm³/mol. The Morgan fingerprint density at radius 1 is 1.08 bits per heavy atom. The van der Waals surface area contributed by atoms with Gasteiger partial charge in [-0.1, -0.05) is 23.2 Å². The summed E-state index contributed by atoms with van der Waals surface area (Å²) in [6, 6.07) is 9.24. The van der Waals surface area contributed by atoms with Crippen LogP contribution >= 0.6 is 23.2 Å². The van der Waals surface area contributed by atoms with Crippen LogP contribution in [0.5, 0.6) is 0 Å². The number of carbonyl (C=O) groups excluding carboxylic acids is 3. The molecule has 0 fully saturated rings. The minimum atomic E-state index is -0.668. The standard InChI is InChI=1S/C18H13Cl2NO4/c1-9-12-6-10(3-5-15(12)21-17(9)23)16(22)8-25-18(24)11-2-4-13(19)14(20)7-11/h2-7,9H,8H2,1H3,(H,21,23)/t9-/m0/s1. The van der Waals surface area contributed by atoms with Gasteiger partial charge >= 0.3 is 5.97 Å². The van der Waals surface area contributed by atoms with E-state index in [1.54, 1.807) is 25.1 Å². The normalized spacial score (nSPS) is 15.5. The molecule has 25 heavy (non-hydrogen) atoms. The number of nitrogens with one attached hydrogen (secondary N) is 1. The lowest BCUT2D eigenvalue weighted by Crippen LogP contribution is -2.14. The molecule has 2 aromatic carbocycles. The van der Waals surface area contributed by atoms with E-state index in [1.807, 2.05) is 0 Å². The zero-order chi connectivity index (χ0) is 18.1. The molecule has 0 saturated carbocycles. The number of hydrogen-bond acceptors (Lipinski definition) is 4. The van der Waals surface area contributed by atoms with E-state index in [-0.39, 0.29) is 28.2 Å². The minimum absolute atomic E-state index is 0.106. The highest BCUT2D eigenvalue weighted by Gasteiger charge is 2.27. The SMILES string of the molecule is C[C@@H]1C(=O)Nc2ccc(C(=O)COC(=O)c3ccc(Cl)c(Cl)c3)cc21. The summed E-state index contributed by atoms with van der Waals surface area (Å²) in [6.45, 7) is 1.35. The van der Waals surface area contributed by atoms with Crippen molar-refractivity contribution in [1.29, 1.82) is 0 Å². The Kier molecular flexibility index (Phi) is 4.79. The molecule has 1 atom stereocenters. The van der Waals surface area contributed by atoms with Crippen LogP contribution < -0.4 is 5.32 Å². The van der Waals surface area contributed by atoms with Crippen molar-refractivity contribution in [2.45, 2.75) is 12.8 Å². The minimum Gasteiger partial charge on any atom is -0.454 e. The summed E-state index contributed by atoms with van der Waals surface area (Å²) in [6.07, 6.45) is 0. The van der Waals surface area contributed by atoms with Gasteiger partial charge in [0.25, 0.3) is 0 Å². The van der Waals surface area contributed by atoms with Gasteiger partial charge in [-0.2, -0.15) is 0 Å². The van der Waals surface area contributed by atoms with Crippen LogP contribution in [-0.4, -0.2) is 24.3 Å². The van der Waals surface area contributed by atoms with Crippen LogP contribution in [0.2, 0.25) is 10.0 Å². The third-order valence-electron chi connectivity index (χ3n) is 3.98. The maximum Gasteiger partial charge on any atom is 0.338 e. The zero-order valence-electron chi connectivity index (χ0n) is 13.1. The molecule has 0 saturated heterocycles. The number of rotatable bonds is 4. The van der Waals surface area contributed by atoms with Gasteiger partial charge in [0.2, 0.25) is 5.91 Å². The topological polar surface area (TPSA) is 72.5 Å². The number of ether oxygens (including phenoxy) is 1. The molecule has 2 aromatic rings. The van der Waals surface area contributed by atoms with Crippen molar-refractivity contribution in [1.82, 2.24) is 0 Å². The molecule has 1 heterocycles. The fraction of sp³-hybridized carbons (Fsp3) is 0.167. The Morgan fingerprint density at radius 3 is 2.52 bits per heavy atom. The van der Waals surface area contributed by atoms with E-state index in [0.29, 0.717) is 16.3 Å². The van der Waals surface area contributed by atoms with E-state index in [1.165, 1.54) is 18.2 Å². The van der Waals surface area contributed by atoms with Gasteiger partial charge < -0.3 is 10.1 Å². The highest BCUT2D eigenvalue weighted by molar-refractivity contribution is 6.42. The Labute approximate surface area is 153 Å². The van der Waals surface area contributed by atoms with Gasteiger partial charge in [0, 0.05) is 11.3 Å². The fourth-order valence-electron chi connectivity index (χ4n) is 2.51. The van der Waals surface area contributed by atoms with Crippen LogP contribution in [0.1, 0.15) is 39.1 Å². The Balaban J connectivity index is 1.68. The van der Waals surface area contributed by atoms with Crippen LogP contribution in [0.4, 0.5) is 5.69 Å².